The summed E-state index contributed by atoms with van der Waals surface area (Å²) in [7, 11) is -3.72. The van der Waals surface area contributed by atoms with Gasteiger partial charge in [-0.1, -0.05) is 17.7 Å². The fourth-order valence-electron chi connectivity index (χ4n) is 2.57. The molecule has 3 rings (SSSR count). The molecule has 1 aliphatic heterocycles. The monoisotopic (exact) mass is 345 g/mol. The molecule has 1 aromatic heterocycles. The van der Waals surface area contributed by atoms with Gasteiger partial charge in [-0.05, 0) is 49.6 Å². The number of fused-ring (bicyclic) bond motifs is 1. The zero-order chi connectivity index (χ0) is 15.2. The summed E-state index contributed by atoms with van der Waals surface area (Å²) in [5, 5.41) is 0. The van der Waals surface area contributed by atoms with Gasteiger partial charge in [-0.25, -0.2) is 12.8 Å². The average Bonchev–Trinajstić information content (AvgIpc) is 2.85. The molecule has 7 heteroatoms. The Hall–Kier alpha value is -1.11. The summed E-state index contributed by atoms with van der Waals surface area (Å²) in [4.78, 5) is 0. The number of aryl methyl sites for hydroxylation is 1. The van der Waals surface area contributed by atoms with E-state index < -0.39 is 15.8 Å². The van der Waals surface area contributed by atoms with E-state index in [1.165, 1.54) is 22.5 Å². The molecule has 0 aliphatic carbocycles. The molecule has 1 aliphatic rings. The van der Waals surface area contributed by atoms with E-state index in [4.69, 9.17) is 11.6 Å². The van der Waals surface area contributed by atoms with Gasteiger partial charge in [-0.15, -0.1) is 11.3 Å². The third-order valence-corrected chi connectivity index (χ3v) is 7.20. The molecule has 0 radical (unpaired) electrons. The van der Waals surface area contributed by atoms with Crippen molar-refractivity contribution in [2.75, 3.05) is 4.31 Å². The number of sulfonamides is 1. The number of benzene rings is 1. The van der Waals surface area contributed by atoms with E-state index >= 15 is 0 Å². The van der Waals surface area contributed by atoms with Crippen molar-refractivity contribution in [3.05, 3.63) is 46.0 Å². The second kappa shape index (κ2) is 5.26. The van der Waals surface area contributed by atoms with Crippen LogP contribution in [0.3, 0.4) is 0 Å². The number of halogens is 2. The summed E-state index contributed by atoms with van der Waals surface area (Å²) in [5.41, 5.74) is 1.28. The Morgan fingerprint density at radius 1 is 1.33 bits per heavy atom. The Morgan fingerprint density at radius 2 is 2.10 bits per heavy atom. The fourth-order valence-corrected chi connectivity index (χ4v) is 5.86. The van der Waals surface area contributed by atoms with Gasteiger partial charge in [0.1, 0.15) is 10.0 Å². The van der Waals surface area contributed by atoms with Gasteiger partial charge in [0.05, 0.1) is 10.0 Å². The predicted molar refractivity (Wildman–Crippen MR) is 83.2 cm³/mol. The maximum absolute atomic E-state index is 13.5. The van der Waals surface area contributed by atoms with Crippen molar-refractivity contribution in [2.24, 2.45) is 0 Å². The van der Waals surface area contributed by atoms with Crippen LogP contribution < -0.4 is 4.31 Å². The molecule has 0 saturated heterocycles. The molecule has 0 saturated carbocycles. The highest BCUT2D eigenvalue weighted by Gasteiger charge is 2.34. The first-order valence-electron chi connectivity index (χ1n) is 6.48. The minimum Gasteiger partial charge on any atom is -0.263 e. The van der Waals surface area contributed by atoms with Crippen LogP contribution in [0, 0.1) is 5.82 Å². The van der Waals surface area contributed by atoms with Crippen molar-refractivity contribution in [1.82, 2.24) is 0 Å². The average molecular weight is 346 g/mol. The predicted octanol–water partition coefficient (Wildman–Crippen LogP) is 4.07. The fraction of sp³-hybridized carbons (Fsp3) is 0.286. The molecule has 21 heavy (non-hydrogen) atoms. The van der Waals surface area contributed by atoms with Crippen molar-refractivity contribution in [3.63, 3.8) is 0 Å². The molecule has 0 N–H and O–H groups in total. The zero-order valence-electron chi connectivity index (χ0n) is 11.2. The summed E-state index contributed by atoms with van der Waals surface area (Å²) >= 11 is 6.85. The normalized spacial score (nSPS) is 18.6. The van der Waals surface area contributed by atoms with Crippen LogP contribution in [0.1, 0.15) is 18.9 Å². The first-order chi connectivity index (χ1) is 9.89. The van der Waals surface area contributed by atoms with Gasteiger partial charge in [0.2, 0.25) is 0 Å². The molecule has 0 fully saturated rings. The molecule has 3 nitrogen and oxygen atoms in total. The largest absolute Gasteiger partial charge is 0.274 e. The van der Waals surface area contributed by atoms with Crippen molar-refractivity contribution in [1.29, 1.82) is 0 Å². The SMILES string of the molecule is C[C@H]1CCc2ccc(F)cc2N1S(=O)(=O)c1ccc(Cl)s1. The molecule has 0 bridgehead atoms. The minimum atomic E-state index is -3.72. The summed E-state index contributed by atoms with van der Waals surface area (Å²) in [6.45, 7) is 1.83. The van der Waals surface area contributed by atoms with Gasteiger partial charge >= 0.3 is 0 Å². The molecule has 0 amide bonds. The quantitative estimate of drug-likeness (QED) is 0.822. The molecule has 0 unspecified atom stereocenters. The van der Waals surface area contributed by atoms with E-state index in [-0.39, 0.29) is 10.3 Å². The van der Waals surface area contributed by atoms with Gasteiger partial charge in [0.25, 0.3) is 10.0 Å². The second-order valence-electron chi connectivity index (χ2n) is 5.02. The van der Waals surface area contributed by atoms with E-state index in [0.29, 0.717) is 16.4 Å². The van der Waals surface area contributed by atoms with Crippen LogP contribution in [-0.2, 0) is 16.4 Å². The third kappa shape index (κ3) is 2.56. The third-order valence-electron chi connectivity index (χ3n) is 3.58. The van der Waals surface area contributed by atoms with Gasteiger partial charge in [-0.2, -0.15) is 0 Å². The van der Waals surface area contributed by atoms with Crippen molar-refractivity contribution in [2.45, 2.75) is 30.0 Å². The summed E-state index contributed by atoms with van der Waals surface area (Å²) in [5.74, 6) is -0.438. The Labute approximate surface area is 132 Å². The van der Waals surface area contributed by atoms with Gasteiger partial charge < -0.3 is 0 Å². The van der Waals surface area contributed by atoms with Crippen LogP contribution in [0.15, 0.2) is 34.5 Å². The van der Waals surface area contributed by atoms with Crippen LogP contribution in [-0.4, -0.2) is 14.5 Å². The molecule has 2 aromatic rings. The van der Waals surface area contributed by atoms with Gasteiger partial charge in [0, 0.05) is 6.04 Å². The Morgan fingerprint density at radius 3 is 2.76 bits per heavy atom. The maximum Gasteiger partial charge on any atom is 0.274 e. The molecule has 1 atom stereocenters. The topological polar surface area (TPSA) is 37.4 Å². The van der Waals surface area contributed by atoms with Crippen LogP contribution in [0.2, 0.25) is 4.34 Å². The number of thiophene rings is 1. The lowest BCUT2D eigenvalue weighted by molar-refractivity contribution is 0.562. The lowest BCUT2D eigenvalue weighted by atomic mass is 9.99. The van der Waals surface area contributed by atoms with Gasteiger partial charge in [0.15, 0.2) is 0 Å². The number of anilines is 1. The van der Waals surface area contributed by atoms with E-state index in [0.717, 1.165) is 23.3 Å². The number of hydrogen-bond donors (Lipinski definition) is 0. The highest BCUT2D eigenvalue weighted by Crippen LogP contribution is 2.38. The van der Waals surface area contributed by atoms with Crippen LogP contribution in [0.5, 0.6) is 0 Å². The maximum atomic E-state index is 13.5. The van der Waals surface area contributed by atoms with E-state index in [2.05, 4.69) is 0 Å². The molecular weight excluding hydrogens is 333 g/mol. The van der Waals surface area contributed by atoms with E-state index in [9.17, 15) is 12.8 Å². The van der Waals surface area contributed by atoms with E-state index in [1.807, 2.05) is 6.92 Å². The van der Waals surface area contributed by atoms with Crippen LogP contribution >= 0.6 is 22.9 Å². The summed E-state index contributed by atoms with van der Waals surface area (Å²) in [6.07, 6.45) is 1.45. The molecule has 112 valence electrons. The minimum absolute atomic E-state index is 0.177. The molecule has 2 heterocycles. The highest BCUT2D eigenvalue weighted by molar-refractivity contribution is 7.94. The van der Waals surface area contributed by atoms with Crippen LogP contribution in [0.25, 0.3) is 0 Å². The number of nitrogens with zero attached hydrogens (tertiary/aromatic N) is 1. The molecule has 1 aromatic carbocycles. The Balaban J connectivity index is 2.16. The first kappa shape index (κ1) is 14.8. The standard InChI is InChI=1S/C14H13ClFNO2S2/c1-9-2-3-10-4-5-11(16)8-12(10)17(9)21(18,19)14-7-6-13(15)20-14/h4-9H,2-3H2,1H3/t9-/m0/s1. The second-order valence-corrected chi connectivity index (χ2v) is 8.78. The smallest absolute Gasteiger partial charge is 0.263 e. The van der Waals surface area contributed by atoms with Crippen molar-refractivity contribution < 1.29 is 12.8 Å². The number of hydrogen-bond acceptors (Lipinski definition) is 3. The summed E-state index contributed by atoms with van der Waals surface area (Å²) in [6, 6.07) is 7.13. The van der Waals surface area contributed by atoms with Crippen LogP contribution in [0.4, 0.5) is 10.1 Å². The zero-order valence-corrected chi connectivity index (χ0v) is 13.6. The first-order valence-corrected chi connectivity index (χ1v) is 9.11. The Kier molecular flexibility index (Phi) is 3.71. The Bertz CT molecular complexity index is 788. The van der Waals surface area contributed by atoms with E-state index in [1.54, 1.807) is 12.1 Å². The molecule has 0 spiro atoms. The lowest BCUT2D eigenvalue weighted by Crippen LogP contribution is -2.41. The highest BCUT2D eigenvalue weighted by atomic mass is 35.5. The van der Waals surface area contributed by atoms with Crippen molar-refractivity contribution in [3.8, 4) is 0 Å². The molecular formula is C14H13ClFNO2S2. The number of rotatable bonds is 2. The summed E-state index contributed by atoms with van der Waals surface area (Å²) < 4.78 is 41.1. The van der Waals surface area contributed by atoms with Gasteiger partial charge in [-0.3, -0.25) is 4.31 Å². The lowest BCUT2D eigenvalue weighted by Gasteiger charge is -2.35. The van der Waals surface area contributed by atoms with Crippen molar-refractivity contribution >= 4 is 38.6 Å².